The predicted molar refractivity (Wildman–Crippen MR) is 204 cm³/mol. The molecule has 1 atom stereocenters. The van der Waals surface area contributed by atoms with E-state index in [-0.39, 0.29) is 41.3 Å². The summed E-state index contributed by atoms with van der Waals surface area (Å²) in [6, 6.07) is 13.2. The van der Waals surface area contributed by atoms with Crippen LogP contribution in [0, 0.1) is 5.92 Å². The van der Waals surface area contributed by atoms with Crippen LogP contribution in [0.3, 0.4) is 0 Å². The second kappa shape index (κ2) is 17.6. The van der Waals surface area contributed by atoms with Crippen LogP contribution in [-0.4, -0.2) is 64.2 Å². The quantitative estimate of drug-likeness (QED) is 0.0707. The average molecular weight is 761 g/mol. The zero-order valence-electron chi connectivity index (χ0n) is 32.0. The Morgan fingerprint density at radius 1 is 0.852 bits per heavy atom. The molecule has 54 heavy (non-hydrogen) atoms. The summed E-state index contributed by atoms with van der Waals surface area (Å²) in [7, 11) is 0. The van der Waals surface area contributed by atoms with Gasteiger partial charge in [0.1, 0.15) is 22.7 Å². The molecule has 4 rings (SSSR count). The number of aryl methyl sites for hydroxylation is 1. The Hall–Kier alpha value is -5.37. The lowest BCUT2D eigenvalue weighted by molar-refractivity contribution is -0.137. The lowest BCUT2D eigenvalue weighted by Gasteiger charge is -2.30. The van der Waals surface area contributed by atoms with Gasteiger partial charge in [0.15, 0.2) is 5.78 Å². The number of alkyl carbamates (subject to hydrolysis) is 2. The maximum Gasteiger partial charge on any atom is 0.414 e. The van der Waals surface area contributed by atoms with Crippen LogP contribution in [0.25, 0.3) is 0 Å². The number of rotatable bonds is 10. The third-order valence-corrected chi connectivity index (χ3v) is 9.05. The number of aliphatic imine (C=N–C) groups is 1. The Morgan fingerprint density at radius 3 is 2.04 bits per heavy atom. The first-order valence-corrected chi connectivity index (χ1v) is 18.5. The Bertz CT molecular complexity index is 1890. The van der Waals surface area contributed by atoms with Crippen molar-refractivity contribution in [3.63, 3.8) is 0 Å². The van der Waals surface area contributed by atoms with Gasteiger partial charge in [-0.1, -0.05) is 6.07 Å². The van der Waals surface area contributed by atoms with Crippen molar-refractivity contribution in [3.05, 3.63) is 81.0 Å². The smallest absolute Gasteiger partial charge is 0.414 e. The number of hydrogen-bond donors (Lipinski definition) is 2. The van der Waals surface area contributed by atoms with Crippen molar-refractivity contribution >= 4 is 58.6 Å². The van der Waals surface area contributed by atoms with E-state index in [1.807, 2.05) is 17.5 Å². The van der Waals surface area contributed by atoms with Gasteiger partial charge in [0.25, 0.3) is 0 Å². The van der Waals surface area contributed by atoms with Crippen LogP contribution in [0.2, 0.25) is 0 Å². The molecule has 14 heteroatoms. The summed E-state index contributed by atoms with van der Waals surface area (Å²) in [6.07, 6.45) is 0.287. The van der Waals surface area contributed by atoms with E-state index in [2.05, 4.69) is 15.6 Å². The first-order valence-electron chi connectivity index (χ1n) is 17.6. The molecule has 2 N–H and O–H groups in total. The maximum absolute atomic E-state index is 13.7. The fourth-order valence-electron chi connectivity index (χ4n) is 5.54. The van der Waals surface area contributed by atoms with Crippen molar-refractivity contribution < 1.29 is 43.0 Å². The van der Waals surface area contributed by atoms with E-state index in [4.69, 9.17) is 14.2 Å². The van der Waals surface area contributed by atoms with Crippen molar-refractivity contribution in [3.8, 4) is 5.75 Å². The van der Waals surface area contributed by atoms with E-state index in [9.17, 15) is 28.8 Å². The van der Waals surface area contributed by atoms with E-state index in [1.165, 1.54) is 49.4 Å². The highest BCUT2D eigenvalue weighted by atomic mass is 32.1. The zero-order chi connectivity index (χ0) is 39.8. The van der Waals surface area contributed by atoms with Gasteiger partial charge in [-0.3, -0.25) is 25.0 Å². The van der Waals surface area contributed by atoms with Crippen LogP contribution in [-0.2, 0) is 38.4 Å². The van der Waals surface area contributed by atoms with Crippen molar-refractivity contribution in [2.75, 3.05) is 6.54 Å². The Morgan fingerprint density at radius 2 is 1.48 bits per heavy atom. The molecule has 3 amide bonds. The molecule has 1 aromatic heterocycles. The number of hydrogen-bond acceptors (Lipinski definition) is 11. The van der Waals surface area contributed by atoms with Gasteiger partial charge in [-0.05, 0) is 139 Å². The van der Waals surface area contributed by atoms with E-state index < -0.39 is 29.4 Å². The van der Waals surface area contributed by atoms with Crippen LogP contribution in [0.4, 0.5) is 15.3 Å². The molecule has 1 aliphatic carbocycles. The van der Waals surface area contributed by atoms with E-state index in [0.717, 1.165) is 16.7 Å². The van der Waals surface area contributed by atoms with Gasteiger partial charge in [0.05, 0.1) is 16.1 Å². The summed E-state index contributed by atoms with van der Waals surface area (Å²) in [6.45, 7) is 13.8. The SMILES string of the molecule is CC(=O)CCN(Cc1csc(C(C)=O)c1)C(=O)C1CCc2cc(OC(=O)c3ccc(N=C(NC(=O)OC(C)(C)C)NC(=O)OC(C)(C)C)cc3)ccc2C1. The molecule has 0 fully saturated rings. The second-order valence-corrected chi connectivity index (χ2v) is 16.0. The van der Waals surface area contributed by atoms with Gasteiger partial charge in [0.2, 0.25) is 11.9 Å². The molecule has 0 aliphatic heterocycles. The molecule has 1 aliphatic rings. The third-order valence-electron chi connectivity index (χ3n) is 7.97. The molecular formula is C40H48N4O9S. The highest BCUT2D eigenvalue weighted by Gasteiger charge is 2.29. The second-order valence-electron chi connectivity index (χ2n) is 15.1. The molecule has 0 saturated heterocycles. The average Bonchev–Trinajstić information content (AvgIpc) is 3.53. The number of nitrogens with one attached hydrogen (secondary N) is 2. The van der Waals surface area contributed by atoms with Gasteiger partial charge in [-0.2, -0.15) is 0 Å². The number of carbonyl (C=O) groups excluding carboxylic acids is 6. The summed E-state index contributed by atoms with van der Waals surface area (Å²) in [4.78, 5) is 81.9. The van der Waals surface area contributed by atoms with Gasteiger partial charge < -0.3 is 19.1 Å². The highest BCUT2D eigenvalue weighted by molar-refractivity contribution is 7.12. The van der Waals surface area contributed by atoms with Crippen molar-refractivity contribution in [2.24, 2.45) is 10.9 Å². The fraction of sp³-hybridized carbons (Fsp3) is 0.425. The minimum atomic E-state index is -0.837. The molecule has 3 aromatic rings. The molecule has 13 nitrogen and oxygen atoms in total. The molecule has 0 spiro atoms. The maximum atomic E-state index is 13.7. The van der Waals surface area contributed by atoms with E-state index in [0.29, 0.717) is 48.7 Å². The van der Waals surface area contributed by atoms with E-state index >= 15 is 0 Å². The highest BCUT2D eigenvalue weighted by Crippen LogP contribution is 2.31. The lowest BCUT2D eigenvalue weighted by Crippen LogP contribution is -2.47. The van der Waals surface area contributed by atoms with Gasteiger partial charge >= 0.3 is 18.2 Å². The van der Waals surface area contributed by atoms with E-state index in [1.54, 1.807) is 58.6 Å². The number of guanidine groups is 1. The standard InChI is InChI=1S/C40H48N4O9S/c1-24(45)17-18-44(22-26-19-33(25(2)46)54-23-26)34(47)30-10-9-29-21-32(16-13-28(29)20-30)51-35(48)27-11-14-31(15-12-27)41-36(42-37(49)52-39(3,4)5)43-38(50)53-40(6,7)8/h11-16,19,21,23,30H,9-10,17-18,20,22H2,1-8H3,(H2,41,42,43,49,50). The molecule has 2 aromatic carbocycles. The number of nitrogens with zero attached hydrogens (tertiary/aromatic N) is 2. The zero-order valence-corrected chi connectivity index (χ0v) is 32.8. The topological polar surface area (TPSA) is 170 Å². The minimum Gasteiger partial charge on any atom is -0.444 e. The number of Topliss-reactive ketones (excluding diaryl/α,β-unsaturated/α-hetero) is 2. The first-order chi connectivity index (χ1) is 25.2. The van der Waals surface area contributed by atoms with Gasteiger partial charge in [0, 0.05) is 25.4 Å². The van der Waals surface area contributed by atoms with Crippen molar-refractivity contribution in [2.45, 2.75) is 98.8 Å². The summed E-state index contributed by atoms with van der Waals surface area (Å²) in [5, 5.41) is 6.70. The molecule has 1 unspecified atom stereocenters. The molecule has 0 saturated carbocycles. The predicted octanol–water partition coefficient (Wildman–Crippen LogP) is 7.32. The summed E-state index contributed by atoms with van der Waals surface area (Å²) >= 11 is 1.35. The fourth-order valence-corrected chi connectivity index (χ4v) is 6.35. The number of ether oxygens (including phenoxy) is 3. The normalized spacial score (nSPS) is 13.8. The third kappa shape index (κ3) is 12.9. The molecule has 0 bridgehead atoms. The lowest BCUT2D eigenvalue weighted by atomic mass is 9.83. The van der Waals surface area contributed by atoms with Crippen LogP contribution in [0.15, 0.2) is 58.9 Å². The van der Waals surface area contributed by atoms with Crippen LogP contribution >= 0.6 is 11.3 Å². The Labute approximate surface area is 319 Å². The minimum absolute atomic E-state index is 0.00242. The number of fused-ring (bicyclic) bond motifs is 1. The monoisotopic (exact) mass is 760 g/mol. The summed E-state index contributed by atoms with van der Waals surface area (Å²) in [5.74, 6) is -0.814. The van der Waals surface area contributed by atoms with Gasteiger partial charge in [-0.25, -0.2) is 19.4 Å². The Balaban J connectivity index is 1.41. The number of carbonyl (C=O) groups is 6. The molecular weight excluding hydrogens is 713 g/mol. The summed E-state index contributed by atoms with van der Waals surface area (Å²) in [5.41, 5.74) is 1.79. The molecule has 0 radical (unpaired) electrons. The number of thiophene rings is 1. The summed E-state index contributed by atoms with van der Waals surface area (Å²) < 4.78 is 16.2. The van der Waals surface area contributed by atoms with Crippen LogP contribution in [0.5, 0.6) is 5.75 Å². The van der Waals surface area contributed by atoms with Gasteiger partial charge in [-0.15, -0.1) is 11.3 Å². The van der Waals surface area contributed by atoms with Crippen molar-refractivity contribution in [1.82, 2.24) is 15.5 Å². The number of esters is 1. The number of amides is 3. The van der Waals surface area contributed by atoms with Crippen molar-refractivity contribution in [1.29, 1.82) is 0 Å². The number of ketones is 2. The first kappa shape index (κ1) is 41.4. The molecule has 288 valence electrons. The Kier molecular flexibility index (Phi) is 13.5. The van der Waals surface area contributed by atoms with Crippen LogP contribution < -0.4 is 15.4 Å². The molecule has 1 heterocycles. The number of benzene rings is 2. The largest absolute Gasteiger partial charge is 0.444 e. The van der Waals surface area contributed by atoms with Crippen LogP contribution in [0.1, 0.15) is 105 Å².